The summed E-state index contributed by atoms with van der Waals surface area (Å²) in [5.74, 6) is 2.61. The van der Waals surface area contributed by atoms with Crippen molar-refractivity contribution in [3.05, 3.63) is 0 Å². The highest BCUT2D eigenvalue weighted by atomic mass is 32.2. The van der Waals surface area contributed by atoms with Gasteiger partial charge in [0.1, 0.15) is 4.08 Å². The third kappa shape index (κ3) is 1.35. The Morgan fingerprint density at radius 2 is 2.00 bits per heavy atom. The van der Waals surface area contributed by atoms with Crippen LogP contribution in [0, 0.1) is 0 Å². The lowest BCUT2D eigenvalue weighted by Crippen LogP contribution is -2.25. The van der Waals surface area contributed by atoms with E-state index in [4.69, 9.17) is 0 Å². The molecule has 58 valence electrons. The second kappa shape index (κ2) is 3.18. The fourth-order valence-electron chi connectivity index (χ4n) is 1.11. The number of hydrogen-bond acceptors (Lipinski definition) is 3. The van der Waals surface area contributed by atoms with Crippen molar-refractivity contribution in [3.8, 4) is 0 Å². The molecule has 1 saturated heterocycles. The predicted molar refractivity (Wildman–Crippen MR) is 48.6 cm³/mol. The molecule has 0 saturated carbocycles. The van der Waals surface area contributed by atoms with Crippen LogP contribution in [-0.4, -0.2) is 21.4 Å². The Balaban J connectivity index is 2.67. The first-order chi connectivity index (χ1) is 4.71. The molecular weight excluding hydrogens is 164 g/mol. The molecule has 1 nitrogen and oxygen atoms in total. The van der Waals surface area contributed by atoms with Crippen molar-refractivity contribution < 1.29 is 4.79 Å². The van der Waals surface area contributed by atoms with E-state index in [2.05, 4.69) is 6.92 Å². The highest BCUT2D eigenvalue weighted by Gasteiger charge is 2.38. The molecule has 1 heterocycles. The highest BCUT2D eigenvalue weighted by molar-refractivity contribution is 8.22. The van der Waals surface area contributed by atoms with Gasteiger partial charge in [-0.2, -0.15) is 0 Å². The van der Waals surface area contributed by atoms with E-state index in [0.717, 1.165) is 17.9 Å². The average molecular weight is 176 g/mol. The first kappa shape index (κ1) is 8.47. The molecular formula is C7H12OS2. The lowest BCUT2D eigenvalue weighted by molar-refractivity contribution is -0.117. The van der Waals surface area contributed by atoms with Crippen molar-refractivity contribution in [2.45, 2.75) is 24.3 Å². The number of thioether (sulfide) groups is 2. The van der Waals surface area contributed by atoms with Gasteiger partial charge in [-0.3, -0.25) is 4.79 Å². The lowest BCUT2D eigenvalue weighted by Gasteiger charge is -2.21. The van der Waals surface area contributed by atoms with Crippen LogP contribution < -0.4 is 0 Å². The SMILES string of the molecule is CCC1(C(C)=O)SCCS1. The van der Waals surface area contributed by atoms with E-state index in [1.54, 1.807) is 6.92 Å². The molecule has 0 aromatic heterocycles. The third-order valence-corrected chi connectivity index (χ3v) is 5.62. The summed E-state index contributed by atoms with van der Waals surface area (Å²) in [4.78, 5) is 11.2. The van der Waals surface area contributed by atoms with Gasteiger partial charge in [0.05, 0.1) is 0 Å². The molecule has 1 rings (SSSR count). The smallest absolute Gasteiger partial charge is 0.155 e. The van der Waals surface area contributed by atoms with Crippen LogP contribution >= 0.6 is 23.5 Å². The molecule has 0 aromatic rings. The molecule has 0 atom stereocenters. The van der Waals surface area contributed by atoms with Crippen LogP contribution in [0.2, 0.25) is 0 Å². The summed E-state index contributed by atoms with van der Waals surface area (Å²) in [6, 6.07) is 0. The Labute approximate surface area is 70.3 Å². The summed E-state index contributed by atoms with van der Waals surface area (Å²) >= 11 is 3.62. The van der Waals surface area contributed by atoms with Gasteiger partial charge in [-0.1, -0.05) is 6.92 Å². The monoisotopic (exact) mass is 176 g/mol. The fourth-order valence-corrected chi connectivity index (χ4v) is 4.09. The maximum atomic E-state index is 11.2. The second-order valence-corrected chi connectivity index (χ2v) is 5.41. The van der Waals surface area contributed by atoms with Crippen LogP contribution in [0.1, 0.15) is 20.3 Å². The Bertz CT molecular complexity index is 139. The number of hydrogen-bond donors (Lipinski definition) is 0. The van der Waals surface area contributed by atoms with Crippen molar-refractivity contribution in [3.63, 3.8) is 0 Å². The van der Waals surface area contributed by atoms with Crippen LogP contribution in [0.25, 0.3) is 0 Å². The zero-order valence-corrected chi connectivity index (χ0v) is 7.98. The van der Waals surface area contributed by atoms with Gasteiger partial charge in [0.2, 0.25) is 0 Å². The number of carbonyl (C=O) groups excluding carboxylic acids is 1. The number of carbonyl (C=O) groups is 1. The molecule has 0 aliphatic carbocycles. The summed E-state index contributed by atoms with van der Waals surface area (Å²) in [6.07, 6.45) is 0.970. The van der Waals surface area contributed by atoms with Gasteiger partial charge in [0.15, 0.2) is 5.78 Å². The van der Waals surface area contributed by atoms with Crippen molar-refractivity contribution in [2.75, 3.05) is 11.5 Å². The van der Waals surface area contributed by atoms with E-state index in [0.29, 0.717) is 5.78 Å². The summed E-state index contributed by atoms with van der Waals surface area (Å²) < 4.78 is -0.0694. The molecule has 0 unspecified atom stereocenters. The number of Topliss-reactive ketones (excluding diaryl/α,β-unsaturated/α-hetero) is 1. The molecule has 3 heteroatoms. The molecule has 1 fully saturated rings. The molecule has 0 radical (unpaired) electrons. The minimum absolute atomic E-state index is 0.0694. The van der Waals surface area contributed by atoms with E-state index in [1.807, 2.05) is 23.5 Å². The summed E-state index contributed by atoms with van der Waals surface area (Å²) in [5.41, 5.74) is 0. The molecule has 10 heavy (non-hydrogen) atoms. The van der Waals surface area contributed by atoms with Crippen LogP contribution in [-0.2, 0) is 4.79 Å². The summed E-state index contributed by atoms with van der Waals surface area (Å²) in [6.45, 7) is 3.79. The molecule has 1 aliphatic heterocycles. The maximum Gasteiger partial charge on any atom is 0.155 e. The topological polar surface area (TPSA) is 17.1 Å². The normalized spacial score (nSPS) is 23.0. The Hall–Kier alpha value is 0.370. The van der Waals surface area contributed by atoms with Crippen molar-refractivity contribution in [1.29, 1.82) is 0 Å². The summed E-state index contributed by atoms with van der Waals surface area (Å²) in [5, 5.41) is 0. The third-order valence-electron chi connectivity index (χ3n) is 1.76. The van der Waals surface area contributed by atoms with E-state index < -0.39 is 0 Å². The zero-order chi connectivity index (χ0) is 7.61. The first-order valence-electron chi connectivity index (χ1n) is 3.50. The van der Waals surface area contributed by atoms with Crippen LogP contribution in [0.4, 0.5) is 0 Å². The zero-order valence-electron chi connectivity index (χ0n) is 6.35. The van der Waals surface area contributed by atoms with Crippen molar-refractivity contribution in [1.82, 2.24) is 0 Å². The van der Waals surface area contributed by atoms with Crippen LogP contribution in [0.5, 0.6) is 0 Å². The van der Waals surface area contributed by atoms with E-state index in [9.17, 15) is 4.79 Å². The number of ketones is 1. The maximum absolute atomic E-state index is 11.2. The van der Waals surface area contributed by atoms with Gasteiger partial charge in [-0.15, -0.1) is 23.5 Å². The first-order valence-corrected chi connectivity index (χ1v) is 5.47. The van der Waals surface area contributed by atoms with Gasteiger partial charge in [0.25, 0.3) is 0 Å². The van der Waals surface area contributed by atoms with Crippen molar-refractivity contribution >= 4 is 29.3 Å². The molecule has 0 spiro atoms. The molecule has 1 aliphatic rings. The minimum Gasteiger partial charge on any atom is -0.297 e. The highest BCUT2D eigenvalue weighted by Crippen LogP contribution is 2.46. The van der Waals surface area contributed by atoms with Crippen LogP contribution in [0.15, 0.2) is 0 Å². The second-order valence-electron chi connectivity index (χ2n) is 2.36. The van der Waals surface area contributed by atoms with E-state index in [-0.39, 0.29) is 4.08 Å². The van der Waals surface area contributed by atoms with E-state index in [1.165, 1.54) is 0 Å². The van der Waals surface area contributed by atoms with Crippen molar-refractivity contribution in [2.24, 2.45) is 0 Å². The molecule has 0 N–H and O–H groups in total. The fraction of sp³-hybridized carbons (Fsp3) is 0.857. The summed E-state index contributed by atoms with van der Waals surface area (Å²) in [7, 11) is 0. The lowest BCUT2D eigenvalue weighted by atomic mass is 10.2. The molecule has 0 aromatic carbocycles. The Morgan fingerprint density at radius 1 is 1.50 bits per heavy atom. The van der Waals surface area contributed by atoms with Gasteiger partial charge in [-0.05, 0) is 13.3 Å². The number of rotatable bonds is 2. The Morgan fingerprint density at radius 3 is 2.20 bits per heavy atom. The van der Waals surface area contributed by atoms with Gasteiger partial charge < -0.3 is 0 Å². The largest absolute Gasteiger partial charge is 0.297 e. The van der Waals surface area contributed by atoms with Gasteiger partial charge in [-0.25, -0.2) is 0 Å². The van der Waals surface area contributed by atoms with Gasteiger partial charge in [0, 0.05) is 11.5 Å². The van der Waals surface area contributed by atoms with Crippen LogP contribution in [0.3, 0.4) is 0 Å². The Kier molecular flexibility index (Phi) is 2.69. The molecule has 0 amide bonds. The van der Waals surface area contributed by atoms with Gasteiger partial charge >= 0.3 is 0 Å². The standard InChI is InChI=1S/C7H12OS2/c1-3-7(6(2)8)9-4-5-10-7/h3-5H2,1-2H3. The predicted octanol–water partition coefficient (Wildman–Crippen LogP) is 2.16. The minimum atomic E-state index is -0.0694. The average Bonchev–Trinajstić information content (AvgIpc) is 2.35. The van der Waals surface area contributed by atoms with E-state index >= 15 is 0 Å². The molecule has 0 bridgehead atoms. The quantitative estimate of drug-likeness (QED) is 0.642.